The quantitative estimate of drug-likeness (QED) is 0.813. The van der Waals surface area contributed by atoms with Gasteiger partial charge >= 0.3 is 0 Å². The highest BCUT2D eigenvalue weighted by molar-refractivity contribution is 7.10. The Morgan fingerprint density at radius 2 is 2.05 bits per heavy atom. The van der Waals surface area contributed by atoms with Crippen LogP contribution in [-0.2, 0) is 4.74 Å². The lowest BCUT2D eigenvalue weighted by molar-refractivity contribution is 0.0186. The average molecular weight is 296 g/mol. The van der Waals surface area contributed by atoms with Crippen molar-refractivity contribution in [3.63, 3.8) is 0 Å². The summed E-state index contributed by atoms with van der Waals surface area (Å²) in [4.78, 5) is 4.80. The molecule has 0 radical (unpaired) electrons. The predicted octanol–water partition coefficient (Wildman–Crippen LogP) is 4.51. The first-order valence-electron chi connectivity index (χ1n) is 6.45. The first-order valence-corrected chi connectivity index (χ1v) is 7.33. The molecule has 102 valence electrons. The lowest BCUT2D eigenvalue weighted by Gasteiger charge is -2.25. The van der Waals surface area contributed by atoms with E-state index in [1.54, 1.807) is 11.3 Å². The van der Waals surface area contributed by atoms with Crippen LogP contribution in [0.5, 0.6) is 0 Å². The van der Waals surface area contributed by atoms with Crippen molar-refractivity contribution in [2.24, 2.45) is 0 Å². The second kappa shape index (κ2) is 6.51. The smallest absolute Gasteiger partial charge is 0.0965 e. The van der Waals surface area contributed by atoms with Crippen LogP contribution in [0.3, 0.4) is 0 Å². The minimum atomic E-state index is 0. The van der Waals surface area contributed by atoms with Gasteiger partial charge in [0.05, 0.1) is 16.8 Å². The third kappa shape index (κ3) is 3.35. The van der Waals surface area contributed by atoms with Gasteiger partial charge in [0.25, 0.3) is 0 Å². The largest absolute Gasteiger partial charge is 0.378 e. The molecule has 2 atom stereocenters. The molecule has 0 bridgehead atoms. The Labute approximate surface area is 124 Å². The van der Waals surface area contributed by atoms with Gasteiger partial charge in [-0.3, -0.25) is 0 Å². The molecular formula is C15H18ClNOS. The lowest BCUT2D eigenvalue weighted by atomic mass is 9.97. The summed E-state index contributed by atoms with van der Waals surface area (Å²) in [6.45, 7) is 3.02. The molecule has 0 N–H and O–H groups in total. The third-order valence-corrected chi connectivity index (χ3v) is 4.43. The molecule has 19 heavy (non-hydrogen) atoms. The van der Waals surface area contributed by atoms with Gasteiger partial charge in [-0.15, -0.1) is 23.7 Å². The number of halogens is 1. The summed E-state index contributed by atoms with van der Waals surface area (Å²) < 4.78 is 5.60. The van der Waals surface area contributed by atoms with Crippen molar-refractivity contribution in [1.29, 1.82) is 0 Å². The first-order chi connectivity index (χ1) is 8.83. The van der Waals surface area contributed by atoms with Crippen LogP contribution in [0.1, 0.15) is 30.7 Å². The van der Waals surface area contributed by atoms with E-state index in [2.05, 4.69) is 36.6 Å². The molecule has 1 fully saturated rings. The van der Waals surface area contributed by atoms with Crippen molar-refractivity contribution in [2.75, 3.05) is 6.61 Å². The number of benzene rings is 1. The van der Waals surface area contributed by atoms with Crippen LogP contribution < -0.4 is 0 Å². The predicted molar refractivity (Wildman–Crippen MR) is 82.2 cm³/mol. The molecule has 1 aromatic carbocycles. The van der Waals surface area contributed by atoms with Crippen LogP contribution in [0.15, 0.2) is 35.7 Å². The van der Waals surface area contributed by atoms with E-state index in [0.29, 0.717) is 12.0 Å². The molecule has 1 aromatic heterocycles. The van der Waals surface area contributed by atoms with Gasteiger partial charge in [-0.25, -0.2) is 4.98 Å². The Balaban J connectivity index is 0.00000133. The van der Waals surface area contributed by atoms with Gasteiger partial charge in [0.15, 0.2) is 0 Å². The SMILES string of the molecule is CC1CC(c2nc(-c3ccccc3)cs2)CCO1.Cl. The van der Waals surface area contributed by atoms with Crippen molar-refractivity contribution in [2.45, 2.75) is 31.8 Å². The Hall–Kier alpha value is -0.900. The fourth-order valence-electron chi connectivity index (χ4n) is 2.44. The maximum Gasteiger partial charge on any atom is 0.0965 e. The molecule has 2 nitrogen and oxygen atoms in total. The van der Waals surface area contributed by atoms with Gasteiger partial charge in [-0.1, -0.05) is 30.3 Å². The normalized spacial score (nSPS) is 22.8. The van der Waals surface area contributed by atoms with E-state index >= 15 is 0 Å². The molecule has 2 unspecified atom stereocenters. The first kappa shape index (κ1) is 14.5. The average Bonchev–Trinajstić information content (AvgIpc) is 2.89. The van der Waals surface area contributed by atoms with E-state index in [-0.39, 0.29) is 12.4 Å². The maximum atomic E-state index is 5.60. The van der Waals surface area contributed by atoms with Gasteiger partial charge in [0.2, 0.25) is 0 Å². The highest BCUT2D eigenvalue weighted by Gasteiger charge is 2.23. The van der Waals surface area contributed by atoms with Crippen molar-refractivity contribution in [3.8, 4) is 11.3 Å². The van der Waals surface area contributed by atoms with E-state index in [9.17, 15) is 0 Å². The van der Waals surface area contributed by atoms with Gasteiger partial charge < -0.3 is 4.74 Å². The van der Waals surface area contributed by atoms with Crippen LogP contribution in [0, 0.1) is 0 Å². The zero-order valence-corrected chi connectivity index (χ0v) is 12.5. The molecule has 0 aliphatic carbocycles. The number of hydrogen-bond donors (Lipinski definition) is 0. The highest BCUT2D eigenvalue weighted by Crippen LogP contribution is 2.33. The fourth-order valence-corrected chi connectivity index (χ4v) is 3.42. The molecule has 2 aromatic rings. The third-order valence-electron chi connectivity index (χ3n) is 3.43. The standard InChI is InChI=1S/C15H17NOS.ClH/c1-11-9-13(7-8-17-11)15-16-14(10-18-15)12-5-3-2-4-6-12;/h2-6,10-11,13H,7-9H2,1H3;1H. The second-order valence-corrected chi connectivity index (χ2v) is 5.73. The molecule has 2 heterocycles. The van der Waals surface area contributed by atoms with Crippen molar-refractivity contribution in [3.05, 3.63) is 40.7 Å². The van der Waals surface area contributed by atoms with Crippen LogP contribution >= 0.6 is 23.7 Å². The molecule has 1 saturated heterocycles. The molecule has 0 amide bonds. The van der Waals surface area contributed by atoms with Crippen LogP contribution in [0.25, 0.3) is 11.3 Å². The van der Waals surface area contributed by atoms with E-state index in [4.69, 9.17) is 9.72 Å². The van der Waals surface area contributed by atoms with E-state index in [1.807, 2.05) is 6.07 Å². The number of nitrogens with zero attached hydrogens (tertiary/aromatic N) is 1. The van der Waals surface area contributed by atoms with E-state index in [1.165, 1.54) is 10.6 Å². The van der Waals surface area contributed by atoms with Gasteiger partial charge in [-0.05, 0) is 19.8 Å². The maximum absolute atomic E-state index is 5.60. The van der Waals surface area contributed by atoms with E-state index in [0.717, 1.165) is 25.1 Å². The topological polar surface area (TPSA) is 22.1 Å². The minimum absolute atomic E-state index is 0. The Bertz CT molecular complexity index is 514. The zero-order valence-electron chi connectivity index (χ0n) is 10.9. The number of thiazole rings is 1. The molecule has 0 spiro atoms. The molecule has 0 saturated carbocycles. The molecule has 1 aliphatic rings. The van der Waals surface area contributed by atoms with Crippen LogP contribution in [-0.4, -0.2) is 17.7 Å². The van der Waals surface area contributed by atoms with Crippen molar-refractivity contribution >= 4 is 23.7 Å². The Morgan fingerprint density at radius 3 is 2.79 bits per heavy atom. The zero-order chi connectivity index (χ0) is 12.4. The monoisotopic (exact) mass is 295 g/mol. The minimum Gasteiger partial charge on any atom is -0.378 e. The van der Waals surface area contributed by atoms with Crippen LogP contribution in [0.4, 0.5) is 0 Å². The van der Waals surface area contributed by atoms with Gasteiger partial charge in [0.1, 0.15) is 0 Å². The summed E-state index contributed by atoms with van der Waals surface area (Å²) >= 11 is 1.79. The number of hydrogen-bond acceptors (Lipinski definition) is 3. The summed E-state index contributed by atoms with van der Waals surface area (Å²) in [6, 6.07) is 10.4. The Morgan fingerprint density at radius 1 is 1.26 bits per heavy atom. The number of aromatic nitrogens is 1. The number of rotatable bonds is 2. The van der Waals surface area contributed by atoms with Crippen LogP contribution in [0.2, 0.25) is 0 Å². The molecular weight excluding hydrogens is 278 g/mol. The number of ether oxygens (including phenoxy) is 1. The van der Waals surface area contributed by atoms with Crippen molar-refractivity contribution in [1.82, 2.24) is 4.98 Å². The Kier molecular flexibility index (Phi) is 4.97. The van der Waals surface area contributed by atoms with Gasteiger partial charge in [0, 0.05) is 23.5 Å². The summed E-state index contributed by atoms with van der Waals surface area (Å²) in [7, 11) is 0. The summed E-state index contributed by atoms with van der Waals surface area (Å²) in [5.41, 5.74) is 2.31. The second-order valence-electron chi connectivity index (χ2n) is 4.84. The molecule has 3 rings (SSSR count). The van der Waals surface area contributed by atoms with E-state index < -0.39 is 0 Å². The fraction of sp³-hybridized carbons (Fsp3) is 0.400. The lowest BCUT2D eigenvalue weighted by Crippen LogP contribution is -2.21. The van der Waals surface area contributed by atoms with Crippen molar-refractivity contribution < 1.29 is 4.74 Å². The molecule has 1 aliphatic heterocycles. The summed E-state index contributed by atoms with van der Waals surface area (Å²) in [5, 5.41) is 3.44. The van der Waals surface area contributed by atoms with Gasteiger partial charge in [-0.2, -0.15) is 0 Å². The highest BCUT2D eigenvalue weighted by atomic mass is 35.5. The summed E-state index contributed by atoms with van der Waals surface area (Å²) in [6.07, 6.45) is 2.57. The molecule has 4 heteroatoms. The summed E-state index contributed by atoms with van der Waals surface area (Å²) in [5.74, 6) is 0.580.